The molecule has 0 heterocycles. The first-order valence-corrected chi connectivity index (χ1v) is 7.21. The zero-order chi connectivity index (χ0) is 16.8. The summed E-state index contributed by atoms with van der Waals surface area (Å²) < 4.78 is 5.84. The average molecular weight is 313 g/mol. The first kappa shape index (κ1) is 16.5. The molecule has 23 heavy (non-hydrogen) atoms. The molecule has 2 aromatic carbocycles. The van der Waals surface area contributed by atoms with E-state index in [1.807, 2.05) is 30.3 Å². The molecule has 0 aliphatic carbocycles. The Bertz CT molecular complexity index is 665. The Hall–Kier alpha value is -2.82. The van der Waals surface area contributed by atoms with Gasteiger partial charge in [-0.2, -0.15) is 0 Å². The molecule has 0 saturated carbocycles. The Balaban J connectivity index is 2.21. The van der Waals surface area contributed by atoms with Crippen molar-refractivity contribution < 1.29 is 19.4 Å². The van der Waals surface area contributed by atoms with Crippen LogP contribution in [0, 0.1) is 0 Å². The fourth-order valence-corrected chi connectivity index (χ4v) is 2.12. The van der Waals surface area contributed by atoms with Crippen LogP contribution in [0.3, 0.4) is 0 Å². The maximum absolute atomic E-state index is 12.4. The Morgan fingerprint density at radius 1 is 1.04 bits per heavy atom. The summed E-state index contributed by atoms with van der Waals surface area (Å²) in [4.78, 5) is 24.6. The van der Waals surface area contributed by atoms with Crippen molar-refractivity contribution in [2.24, 2.45) is 0 Å². The van der Waals surface area contributed by atoms with Crippen molar-refractivity contribution >= 4 is 11.9 Å². The summed E-state index contributed by atoms with van der Waals surface area (Å²) >= 11 is 0. The molecule has 1 N–H and O–H groups in total. The van der Waals surface area contributed by atoms with Gasteiger partial charge in [-0.05, 0) is 17.7 Å². The van der Waals surface area contributed by atoms with Crippen LogP contribution in [0.4, 0.5) is 0 Å². The number of hydrogen-bond donors (Lipinski definition) is 1. The van der Waals surface area contributed by atoms with Crippen molar-refractivity contribution in [2.45, 2.75) is 12.5 Å². The van der Waals surface area contributed by atoms with Gasteiger partial charge in [0.25, 0.3) is 5.91 Å². The van der Waals surface area contributed by atoms with Gasteiger partial charge in [0.15, 0.2) is 0 Å². The van der Waals surface area contributed by atoms with E-state index in [9.17, 15) is 9.59 Å². The number of aliphatic carboxylic acids is 1. The summed E-state index contributed by atoms with van der Waals surface area (Å²) in [6.45, 7) is 0. The molecule has 1 atom stereocenters. The van der Waals surface area contributed by atoms with Crippen molar-refractivity contribution in [2.75, 3.05) is 14.1 Å². The minimum Gasteiger partial charge on any atom is -0.481 e. The van der Waals surface area contributed by atoms with Gasteiger partial charge in [-0.3, -0.25) is 9.59 Å². The highest BCUT2D eigenvalue weighted by molar-refractivity contribution is 5.82. The second kappa shape index (κ2) is 7.45. The molecular formula is C18H19NO4. The van der Waals surface area contributed by atoms with E-state index in [2.05, 4.69) is 0 Å². The van der Waals surface area contributed by atoms with Gasteiger partial charge in [-0.25, -0.2) is 0 Å². The Labute approximate surface area is 135 Å². The smallest absolute Gasteiger partial charge is 0.307 e. The van der Waals surface area contributed by atoms with Crippen molar-refractivity contribution in [3.8, 4) is 5.75 Å². The lowest BCUT2D eigenvalue weighted by molar-refractivity contribution is -0.137. The van der Waals surface area contributed by atoms with Crippen molar-refractivity contribution in [1.82, 2.24) is 4.90 Å². The number of hydrogen-bond acceptors (Lipinski definition) is 3. The molecule has 0 fully saturated rings. The summed E-state index contributed by atoms with van der Waals surface area (Å²) in [6, 6.07) is 16.0. The van der Waals surface area contributed by atoms with Gasteiger partial charge in [0.1, 0.15) is 5.75 Å². The molecule has 0 bridgehead atoms. The van der Waals surface area contributed by atoms with E-state index in [0.717, 1.165) is 5.56 Å². The molecule has 0 aromatic heterocycles. The summed E-state index contributed by atoms with van der Waals surface area (Å²) in [5.74, 6) is -0.530. The number of nitrogens with zero attached hydrogens (tertiary/aromatic N) is 1. The molecular weight excluding hydrogens is 294 g/mol. The molecule has 1 amide bonds. The van der Waals surface area contributed by atoms with Gasteiger partial charge < -0.3 is 14.7 Å². The van der Waals surface area contributed by atoms with E-state index in [0.29, 0.717) is 11.3 Å². The molecule has 5 heteroatoms. The fraction of sp³-hybridized carbons (Fsp3) is 0.222. The third kappa shape index (κ3) is 4.57. The first-order chi connectivity index (χ1) is 11.0. The number of carboxylic acid groups (broad SMARTS) is 1. The van der Waals surface area contributed by atoms with Crippen LogP contribution < -0.4 is 4.74 Å². The topological polar surface area (TPSA) is 66.8 Å². The predicted octanol–water partition coefficient (Wildman–Crippen LogP) is 2.52. The van der Waals surface area contributed by atoms with Gasteiger partial charge >= 0.3 is 5.97 Å². The van der Waals surface area contributed by atoms with Crippen molar-refractivity contribution in [3.05, 3.63) is 65.7 Å². The minimum atomic E-state index is -0.886. The molecule has 2 rings (SSSR count). The number of benzene rings is 2. The van der Waals surface area contributed by atoms with Crippen LogP contribution in [0.15, 0.2) is 54.6 Å². The van der Waals surface area contributed by atoms with Gasteiger partial charge in [-0.15, -0.1) is 0 Å². The van der Waals surface area contributed by atoms with Crippen LogP contribution in [0.2, 0.25) is 0 Å². The second-order valence-electron chi connectivity index (χ2n) is 5.36. The zero-order valence-electron chi connectivity index (χ0n) is 13.1. The van der Waals surface area contributed by atoms with Gasteiger partial charge in [0.05, 0.1) is 6.42 Å². The lowest BCUT2D eigenvalue weighted by atomic mass is 10.1. The highest BCUT2D eigenvalue weighted by atomic mass is 16.5. The summed E-state index contributed by atoms with van der Waals surface area (Å²) in [5.41, 5.74) is 1.45. The summed E-state index contributed by atoms with van der Waals surface area (Å²) in [7, 11) is 3.36. The summed E-state index contributed by atoms with van der Waals surface area (Å²) in [6.07, 6.45) is -0.782. The number of carbonyl (C=O) groups excluding carboxylic acids is 1. The molecule has 120 valence electrons. The van der Waals surface area contributed by atoms with Crippen LogP contribution in [0.25, 0.3) is 0 Å². The Kier molecular flexibility index (Phi) is 5.36. The lowest BCUT2D eigenvalue weighted by Gasteiger charge is -2.22. The second-order valence-corrected chi connectivity index (χ2v) is 5.36. The number of amides is 1. The van der Waals surface area contributed by atoms with Crippen LogP contribution >= 0.6 is 0 Å². The fourth-order valence-electron chi connectivity index (χ4n) is 2.12. The normalized spacial score (nSPS) is 11.6. The molecule has 2 aromatic rings. The van der Waals surface area contributed by atoms with Crippen molar-refractivity contribution in [3.63, 3.8) is 0 Å². The zero-order valence-corrected chi connectivity index (χ0v) is 13.1. The van der Waals surface area contributed by atoms with E-state index >= 15 is 0 Å². The Morgan fingerprint density at radius 3 is 2.17 bits per heavy atom. The largest absolute Gasteiger partial charge is 0.481 e. The van der Waals surface area contributed by atoms with Gasteiger partial charge in [-0.1, -0.05) is 42.5 Å². The summed E-state index contributed by atoms with van der Waals surface area (Å²) in [5, 5.41) is 8.78. The standard InChI is InChI=1S/C18H19NO4/c1-19(2)18(22)17(14-6-4-3-5-7-14)23-15-10-8-13(9-11-15)12-16(20)21/h3-11,17H,12H2,1-2H3,(H,20,21)/t17-/m1/s1. The number of carbonyl (C=O) groups is 2. The van der Waals surface area contributed by atoms with Crippen LogP contribution in [0.1, 0.15) is 17.2 Å². The first-order valence-electron chi connectivity index (χ1n) is 7.21. The lowest BCUT2D eigenvalue weighted by Crippen LogP contribution is -2.31. The molecule has 0 radical (unpaired) electrons. The van der Waals surface area contributed by atoms with E-state index in [-0.39, 0.29) is 12.3 Å². The predicted molar refractivity (Wildman–Crippen MR) is 86.3 cm³/mol. The van der Waals surface area contributed by atoms with Crippen LogP contribution in [-0.4, -0.2) is 36.0 Å². The van der Waals surface area contributed by atoms with Gasteiger partial charge in [0, 0.05) is 19.7 Å². The highest BCUT2D eigenvalue weighted by Gasteiger charge is 2.24. The third-order valence-corrected chi connectivity index (χ3v) is 3.30. The monoisotopic (exact) mass is 313 g/mol. The molecule has 5 nitrogen and oxygen atoms in total. The third-order valence-electron chi connectivity index (χ3n) is 3.30. The number of likely N-dealkylation sites (N-methyl/N-ethyl adjacent to an activating group) is 1. The molecule has 0 aliphatic heterocycles. The molecule has 0 saturated heterocycles. The van der Waals surface area contributed by atoms with E-state index in [4.69, 9.17) is 9.84 Å². The van der Waals surface area contributed by atoms with E-state index in [1.165, 1.54) is 4.90 Å². The number of carboxylic acids is 1. The number of ether oxygens (including phenoxy) is 1. The molecule has 0 unspecified atom stereocenters. The highest BCUT2D eigenvalue weighted by Crippen LogP contribution is 2.24. The Morgan fingerprint density at radius 2 is 1.65 bits per heavy atom. The minimum absolute atomic E-state index is 0.0426. The van der Waals surface area contributed by atoms with Crippen LogP contribution in [0.5, 0.6) is 5.75 Å². The van der Waals surface area contributed by atoms with Crippen LogP contribution in [-0.2, 0) is 16.0 Å². The maximum Gasteiger partial charge on any atom is 0.307 e. The average Bonchev–Trinajstić information content (AvgIpc) is 2.53. The SMILES string of the molecule is CN(C)C(=O)[C@H](Oc1ccc(CC(=O)O)cc1)c1ccccc1. The number of rotatable bonds is 6. The maximum atomic E-state index is 12.4. The van der Waals surface area contributed by atoms with Crippen molar-refractivity contribution in [1.29, 1.82) is 0 Å². The van der Waals surface area contributed by atoms with E-state index in [1.54, 1.807) is 38.4 Å². The van der Waals surface area contributed by atoms with E-state index < -0.39 is 12.1 Å². The van der Waals surface area contributed by atoms with Gasteiger partial charge in [0.2, 0.25) is 6.10 Å². The molecule has 0 spiro atoms. The molecule has 0 aliphatic rings. The quantitative estimate of drug-likeness (QED) is 0.890.